The van der Waals surface area contributed by atoms with Gasteiger partial charge in [0.15, 0.2) is 11.6 Å². The fourth-order valence-electron chi connectivity index (χ4n) is 19.7. The molecule has 0 radical (unpaired) electrons. The van der Waals surface area contributed by atoms with E-state index < -0.39 is 89.3 Å². The van der Waals surface area contributed by atoms with Crippen LogP contribution in [0.1, 0.15) is 208 Å². The monoisotopic (exact) mass is 1610 g/mol. The van der Waals surface area contributed by atoms with Crippen molar-refractivity contribution in [3.8, 4) is 23.3 Å². The average Bonchev–Trinajstić information content (AvgIpc) is 1.57. The van der Waals surface area contributed by atoms with Crippen LogP contribution in [0.3, 0.4) is 0 Å². The lowest BCUT2D eigenvalue weighted by Gasteiger charge is -2.32. The molecule has 24 nitrogen and oxygen atoms in total. The molecule has 4 aromatic rings. The summed E-state index contributed by atoms with van der Waals surface area (Å²) in [6.07, 6.45) is 24.3. The number of pyridine rings is 2. The molecule has 8 saturated carbocycles. The van der Waals surface area contributed by atoms with Crippen molar-refractivity contribution < 1.29 is 83.6 Å². The summed E-state index contributed by atoms with van der Waals surface area (Å²) in [6.45, 7) is 13.6. The van der Waals surface area contributed by atoms with Crippen LogP contribution < -0.4 is 28.4 Å². The van der Waals surface area contributed by atoms with Crippen LogP contribution in [0.15, 0.2) is 85.2 Å². The van der Waals surface area contributed by atoms with E-state index in [4.69, 9.17) is 28.4 Å². The van der Waals surface area contributed by atoms with Crippen molar-refractivity contribution in [3.63, 3.8) is 0 Å². The number of sulfonamides is 2. The Morgan fingerprint density at radius 1 is 0.491 bits per heavy atom. The van der Waals surface area contributed by atoms with Gasteiger partial charge in [-0.15, -0.1) is 0 Å². The Morgan fingerprint density at radius 3 is 1.24 bits per heavy atom. The fourth-order valence-corrected chi connectivity index (χ4v) is 22.5. The highest BCUT2D eigenvalue weighted by Crippen LogP contribution is 2.60. The summed E-state index contributed by atoms with van der Waals surface area (Å²) >= 11 is 0. The lowest BCUT2D eigenvalue weighted by atomic mass is 9.82. The van der Waals surface area contributed by atoms with Gasteiger partial charge < -0.3 is 38.2 Å². The number of hydrogen-bond donors (Lipinski definition) is 2. The van der Waals surface area contributed by atoms with Gasteiger partial charge in [0.05, 0.1) is 96.8 Å². The molecule has 2 unspecified atom stereocenters. The molecule has 2 saturated heterocycles. The maximum atomic E-state index is 15.0. The van der Waals surface area contributed by atoms with Crippen molar-refractivity contribution in [1.82, 2.24) is 29.2 Å². The molecule has 12 aliphatic rings. The summed E-state index contributed by atoms with van der Waals surface area (Å²) in [5.74, 6) is -0.756. The summed E-state index contributed by atoms with van der Waals surface area (Å²) < 4.78 is 93.5. The van der Waals surface area contributed by atoms with Crippen molar-refractivity contribution in [2.75, 3.05) is 26.3 Å². The van der Waals surface area contributed by atoms with Gasteiger partial charge >= 0.3 is 11.9 Å². The predicted molar refractivity (Wildman–Crippen MR) is 425 cm³/mol. The number of benzene rings is 2. The number of ketones is 2. The van der Waals surface area contributed by atoms with Gasteiger partial charge in [0.25, 0.3) is 0 Å². The van der Waals surface area contributed by atoms with Gasteiger partial charge in [-0.25, -0.2) is 26.8 Å². The van der Waals surface area contributed by atoms with E-state index in [1.165, 1.54) is 12.8 Å². The molecule has 8 aliphatic carbocycles. The van der Waals surface area contributed by atoms with Gasteiger partial charge in [0, 0.05) is 47.2 Å². The number of ether oxygens (including phenoxy) is 6. The molecular formula is C88H114N6O18S2. The van der Waals surface area contributed by atoms with E-state index in [0.717, 1.165) is 85.8 Å². The average molecular weight is 1610 g/mol. The highest BCUT2D eigenvalue weighted by molar-refractivity contribution is 7.91. The number of fused-ring (bicyclic) bond motifs is 8. The largest absolute Gasteiger partial charge is 0.491 e. The molecule has 26 heteroatoms. The van der Waals surface area contributed by atoms with Crippen molar-refractivity contribution in [2.24, 2.45) is 81.8 Å². The number of hydrogen-bond acceptors (Lipinski definition) is 20. The normalized spacial score (nSPS) is 34.6. The van der Waals surface area contributed by atoms with Crippen LogP contribution in [0.4, 0.5) is 0 Å². The summed E-state index contributed by atoms with van der Waals surface area (Å²) in [4.78, 5) is 127. The first-order chi connectivity index (χ1) is 54.7. The van der Waals surface area contributed by atoms with Gasteiger partial charge in [0.1, 0.15) is 35.9 Å². The Labute approximate surface area is 670 Å². The molecule has 2 aromatic heterocycles. The minimum atomic E-state index is -3.85. The molecule has 0 spiro atoms. The van der Waals surface area contributed by atoms with Crippen LogP contribution in [0, 0.1) is 81.8 Å². The number of carbonyl (C=O) groups is 8. The number of rotatable bonds is 22. The van der Waals surface area contributed by atoms with E-state index in [1.807, 2.05) is 101 Å². The summed E-state index contributed by atoms with van der Waals surface area (Å²) in [5.41, 5.74) is -2.47. The molecule has 114 heavy (non-hydrogen) atoms. The molecule has 0 bridgehead atoms. The van der Waals surface area contributed by atoms with Gasteiger partial charge in [-0.1, -0.05) is 102 Å². The second-order valence-corrected chi connectivity index (χ2v) is 40.0. The van der Waals surface area contributed by atoms with Crippen LogP contribution >= 0.6 is 0 Å². The molecule has 20 atom stereocenters. The summed E-state index contributed by atoms with van der Waals surface area (Å²) in [7, 11) is -7.70. The second kappa shape index (κ2) is 33.5. The van der Waals surface area contributed by atoms with Gasteiger partial charge in [0.2, 0.25) is 55.4 Å². The molecule has 16 rings (SSSR count). The molecule has 4 amide bonds. The maximum Gasteiger partial charge on any atom is 0.306 e. The van der Waals surface area contributed by atoms with Gasteiger partial charge in [-0.3, -0.25) is 47.8 Å². The molecular weight excluding hydrogens is 1490 g/mol. The highest BCUT2D eigenvalue weighted by Gasteiger charge is 2.64. The SMILES string of the molecule is CCCOc1cnc(O[C@@H]2C[C@H]3C(=O)C[C@]4(C(=O)NS(=O)(=O)C5CC5)C[C@H]4/C=C\CC[C@@H](C)C[C@@H](C)[C@H](CC(=O)OC4C[C@@H]5C[C@@H]5C4)C(=O)N3C2)c2ccccc12.CCCOc1cnc(O[C@@H]2C[C@H]3C(=O)C[C@]4(C(=O)NS(=O)(=O)C5CC5)C[C@H]4/C=C\CC[C@H](C)C[C@@H](C)[C@H](CC(=O)OC4C[C@@H]5C[C@@H]5C4)C(=O)N3C2)c2ccccc12. The van der Waals surface area contributed by atoms with E-state index in [2.05, 4.69) is 33.3 Å². The van der Waals surface area contributed by atoms with Crippen molar-refractivity contribution in [1.29, 1.82) is 0 Å². The number of nitrogens with zero attached hydrogens (tertiary/aromatic N) is 4. The van der Waals surface area contributed by atoms with Crippen LogP contribution in [0.25, 0.3) is 21.5 Å². The van der Waals surface area contributed by atoms with Crippen LogP contribution in [-0.2, 0) is 67.9 Å². The molecule has 10 fully saturated rings. The second-order valence-electron chi connectivity index (χ2n) is 36.1. The fraction of sp³-hybridized carbons (Fsp3) is 0.659. The van der Waals surface area contributed by atoms with Gasteiger partial charge in [-0.2, -0.15) is 0 Å². The van der Waals surface area contributed by atoms with E-state index in [0.29, 0.717) is 112 Å². The first kappa shape index (κ1) is 81.2. The number of amides is 4. The van der Waals surface area contributed by atoms with E-state index in [-0.39, 0.29) is 135 Å². The van der Waals surface area contributed by atoms with E-state index >= 15 is 0 Å². The van der Waals surface area contributed by atoms with Crippen LogP contribution in [0.2, 0.25) is 0 Å². The number of Topliss-reactive ketones (excluding diaryl/α,β-unsaturated/α-hetero) is 2. The predicted octanol–water partition coefficient (Wildman–Crippen LogP) is 12.6. The Morgan fingerprint density at radius 2 is 0.868 bits per heavy atom. The van der Waals surface area contributed by atoms with E-state index in [1.54, 1.807) is 22.2 Å². The van der Waals surface area contributed by atoms with E-state index in [9.17, 15) is 55.2 Å². The summed E-state index contributed by atoms with van der Waals surface area (Å²) in [5, 5.41) is 1.96. The maximum absolute atomic E-state index is 15.0. The zero-order valence-corrected chi connectivity index (χ0v) is 68.4. The minimum Gasteiger partial charge on any atom is -0.491 e. The first-order valence-corrected chi connectivity index (χ1v) is 45.6. The first-order valence-electron chi connectivity index (χ1n) is 42.5. The minimum absolute atomic E-state index is 0.0811. The Balaban J connectivity index is 0.000000180. The number of allylic oxidation sites excluding steroid dienone is 4. The third kappa shape index (κ3) is 18.2. The summed E-state index contributed by atoms with van der Waals surface area (Å²) in [6, 6.07) is 13.4. The molecule has 2 N–H and O–H groups in total. The molecule has 2 aromatic carbocycles. The molecule has 4 aliphatic heterocycles. The Kier molecular flexibility index (Phi) is 23.9. The lowest BCUT2D eigenvalue weighted by Crippen LogP contribution is -2.47. The quantitative estimate of drug-likeness (QED) is 0.0545. The van der Waals surface area contributed by atoms with Crippen molar-refractivity contribution in [2.45, 2.75) is 255 Å². The van der Waals surface area contributed by atoms with Crippen molar-refractivity contribution >= 4 is 88.7 Å². The smallest absolute Gasteiger partial charge is 0.306 e. The molecule has 616 valence electrons. The number of carbonyl (C=O) groups excluding carboxylic acids is 8. The molecule has 6 heterocycles. The van der Waals surface area contributed by atoms with Crippen LogP contribution in [-0.4, -0.2) is 157 Å². The number of esters is 2. The number of nitrogens with one attached hydrogen (secondary N) is 2. The zero-order chi connectivity index (χ0) is 80.1. The van der Waals surface area contributed by atoms with Crippen LogP contribution in [0.5, 0.6) is 23.3 Å². The topological polar surface area (TPSA) is 317 Å². The number of aromatic nitrogens is 2. The Hall–Kier alpha value is -8.00. The highest BCUT2D eigenvalue weighted by atomic mass is 32.2. The third-order valence-electron chi connectivity index (χ3n) is 27.0. The van der Waals surface area contributed by atoms with Crippen molar-refractivity contribution in [3.05, 3.63) is 85.2 Å². The van der Waals surface area contributed by atoms with Gasteiger partial charge in [-0.05, 0) is 200 Å². The third-order valence-corrected chi connectivity index (χ3v) is 30.7. The lowest BCUT2D eigenvalue weighted by molar-refractivity contribution is -0.155. The zero-order valence-electron chi connectivity index (χ0n) is 66.8. The standard InChI is InChI=1S/2C44H57N3O9S/c2*1-4-15-54-39-24-45-41(35-12-8-7-11-34(35)39)56-32-20-37-38(48)23-44(43(51)46-57(52,53)33-13-14-33)22-30(44)10-6-5-9-26(2)16-27(3)36(42(50)47(37)25-32)21-40(49)55-31-18-28-17-29(28)19-31/h2*6-8,10-12,24,26-33,36-37H,4-5,9,13-23,25H2,1-3H3,(H,46,51)/b2*10-6-/t26-,27+,28-,29+,30+,31?,32+,36-,37-,44+;26-,27-,28-,29+,30-,31?,32-,36+,37+,44-/m01/s1. The Bertz CT molecular complexity index is 4330.